The van der Waals surface area contributed by atoms with Crippen LogP contribution in [0.3, 0.4) is 0 Å². The summed E-state index contributed by atoms with van der Waals surface area (Å²) in [7, 11) is 0. The fourth-order valence-electron chi connectivity index (χ4n) is 4.05. The van der Waals surface area contributed by atoms with Crippen LogP contribution in [0.2, 0.25) is 0 Å². The molecule has 0 aromatic heterocycles. The van der Waals surface area contributed by atoms with Gasteiger partial charge in [0.2, 0.25) is 5.76 Å². The minimum Gasteiger partial charge on any atom is -0.477 e. The second kappa shape index (κ2) is 8.94. The third kappa shape index (κ3) is 3.98. The first-order chi connectivity index (χ1) is 14.4. The van der Waals surface area contributed by atoms with E-state index in [0.717, 1.165) is 23.7 Å². The summed E-state index contributed by atoms with van der Waals surface area (Å²) in [4.78, 5) is 46.8. The van der Waals surface area contributed by atoms with Crippen molar-refractivity contribution in [3.63, 3.8) is 0 Å². The van der Waals surface area contributed by atoms with Crippen molar-refractivity contribution >= 4 is 30.2 Å². The van der Waals surface area contributed by atoms with Gasteiger partial charge in [0.05, 0.1) is 0 Å². The van der Waals surface area contributed by atoms with E-state index in [-0.39, 0.29) is 36.1 Å². The van der Waals surface area contributed by atoms with Crippen LogP contribution in [0.4, 0.5) is 5.69 Å². The van der Waals surface area contributed by atoms with Gasteiger partial charge in [-0.15, -0.1) is 0 Å². The van der Waals surface area contributed by atoms with Gasteiger partial charge in [0, 0.05) is 48.5 Å². The Bertz CT molecular complexity index is 947. The van der Waals surface area contributed by atoms with E-state index in [9.17, 15) is 29.4 Å². The molecule has 8 nitrogen and oxygen atoms in total. The summed E-state index contributed by atoms with van der Waals surface area (Å²) in [5.74, 6) is -2.76. The predicted octanol–water partition coefficient (Wildman–Crippen LogP) is 2.98. The number of hydrogen-bond donors (Lipinski definition) is 2. The second-order valence-corrected chi connectivity index (χ2v) is 7.19. The number of likely N-dealkylation sites (N-methyl/N-ethyl adjacent to an activating group) is 1. The Morgan fingerprint density at radius 3 is 2.17 bits per heavy atom. The van der Waals surface area contributed by atoms with E-state index < -0.39 is 11.9 Å². The van der Waals surface area contributed by atoms with E-state index in [0.29, 0.717) is 30.8 Å². The number of ether oxygens (including phenoxy) is 1. The van der Waals surface area contributed by atoms with Crippen molar-refractivity contribution < 1.29 is 34.1 Å². The van der Waals surface area contributed by atoms with E-state index in [1.165, 1.54) is 6.08 Å². The maximum absolute atomic E-state index is 11.8. The summed E-state index contributed by atoms with van der Waals surface area (Å²) < 4.78 is 5.60. The molecule has 0 amide bonds. The molecule has 2 N–H and O–H groups in total. The number of nitrogens with zero attached hydrogens (tertiary/aromatic N) is 1. The molecule has 2 heterocycles. The number of carbonyl (C=O) groups is 4. The molecule has 158 valence electrons. The van der Waals surface area contributed by atoms with Crippen LogP contribution < -0.4 is 9.64 Å². The Morgan fingerprint density at radius 2 is 1.63 bits per heavy atom. The first-order valence-corrected chi connectivity index (χ1v) is 9.81. The number of aldehydes is 2. The van der Waals surface area contributed by atoms with Crippen LogP contribution in [0.5, 0.6) is 5.75 Å². The SMILES string of the molecule is CCN1C(C(=O)O)=CC(CCC=O)c2cc3c(cc21)OC(C(=O)O)=CC3CCC=O. The van der Waals surface area contributed by atoms with Gasteiger partial charge in [-0.2, -0.15) is 0 Å². The number of fused-ring (bicyclic) bond motifs is 2. The fourth-order valence-corrected chi connectivity index (χ4v) is 4.05. The number of carboxylic acids is 2. The van der Waals surface area contributed by atoms with Gasteiger partial charge in [0.1, 0.15) is 24.0 Å². The Kier molecular flexibility index (Phi) is 6.34. The Balaban J connectivity index is 2.15. The van der Waals surface area contributed by atoms with Crippen LogP contribution in [0.25, 0.3) is 0 Å². The highest BCUT2D eigenvalue weighted by Gasteiger charge is 2.33. The molecule has 8 heteroatoms. The molecular formula is C22H23NO7. The summed E-state index contributed by atoms with van der Waals surface area (Å²) in [5, 5.41) is 19.1. The number of aliphatic carboxylic acids is 2. The van der Waals surface area contributed by atoms with Gasteiger partial charge >= 0.3 is 11.9 Å². The van der Waals surface area contributed by atoms with Crippen LogP contribution in [0, 0.1) is 0 Å². The molecule has 0 radical (unpaired) electrons. The van der Waals surface area contributed by atoms with Crippen LogP contribution in [0.1, 0.15) is 55.6 Å². The molecule has 0 saturated carbocycles. The van der Waals surface area contributed by atoms with Gasteiger partial charge in [-0.3, -0.25) is 0 Å². The topological polar surface area (TPSA) is 121 Å². The maximum atomic E-state index is 11.8. The predicted molar refractivity (Wildman–Crippen MR) is 108 cm³/mol. The van der Waals surface area contributed by atoms with Gasteiger partial charge < -0.3 is 29.4 Å². The number of allylic oxidation sites excluding steroid dienone is 2. The monoisotopic (exact) mass is 413 g/mol. The van der Waals surface area contributed by atoms with E-state index >= 15 is 0 Å². The quantitative estimate of drug-likeness (QED) is 0.593. The minimum atomic E-state index is -1.21. The van der Waals surface area contributed by atoms with Gasteiger partial charge in [-0.05, 0) is 43.5 Å². The van der Waals surface area contributed by atoms with Crippen molar-refractivity contribution in [2.24, 2.45) is 0 Å². The normalized spacial score (nSPS) is 19.6. The lowest BCUT2D eigenvalue weighted by Gasteiger charge is -2.35. The van der Waals surface area contributed by atoms with Crippen molar-refractivity contribution in [2.75, 3.05) is 11.4 Å². The Morgan fingerprint density at radius 1 is 1.00 bits per heavy atom. The zero-order chi connectivity index (χ0) is 21.8. The molecule has 0 spiro atoms. The molecule has 2 aliphatic heterocycles. The zero-order valence-electron chi connectivity index (χ0n) is 16.5. The van der Waals surface area contributed by atoms with E-state index in [2.05, 4.69) is 0 Å². The fraction of sp³-hybridized carbons (Fsp3) is 0.364. The van der Waals surface area contributed by atoms with Crippen LogP contribution in [-0.2, 0) is 19.2 Å². The molecule has 1 aromatic rings. The highest BCUT2D eigenvalue weighted by molar-refractivity contribution is 5.93. The average molecular weight is 413 g/mol. The zero-order valence-corrected chi connectivity index (χ0v) is 16.5. The number of hydrogen-bond acceptors (Lipinski definition) is 6. The molecule has 0 fully saturated rings. The summed E-state index contributed by atoms with van der Waals surface area (Å²) in [6.07, 6.45) is 6.19. The number of anilines is 1. The standard InChI is InChI=1S/C22H23NO7/c1-2-23-17-12-19-16(14(6-4-8-25)10-20(30-19)22(28)29)11-15(17)13(5-3-7-24)9-18(23)21(26)27/h7-14H,2-6H2,1H3,(H,26,27)(H,28,29). The minimum absolute atomic E-state index is 0.114. The average Bonchev–Trinajstić information content (AvgIpc) is 2.73. The lowest BCUT2D eigenvalue weighted by Crippen LogP contribution is -2.32. The summed E-state index contributed by atoms with van der Waals surface area (Å²) in [6, 6.07) is 3.56. The highest BCUT2D eigenvalue weighted by atomic mass is 16.5. The summed E-state index contributed by atoms with van der Waals surface area (Å²) in [6.45, 7) is 2.21. The first-order valence-electron chi connectivity index (χ1n) is 9.81. The van der Waals surface area contributed by atoms with Crippen LogP contribution >= 0.6 is 0 Å². The van der Waals surface area contributed by atoms with E-state index in [1.54, 1.807) is 17.0 Å². The largest absolute Gasteiger partial charge is 0.477 e. The molecule has 30 heavy (non-hydrogen) atoms. The van der Waals surface area contributed by atoms with Gasteiger partial charge in [-0.1, -0.05) is 0 Å². The Hall–Kier alpha value is -3.42. The number of benzene rings is 1. The molecular weight excluding hydrogens is 390 g/mol. The van der Waals surface area contributed by atoms with Crippen molar-refractivity contribution in [1.82, 2.24) is 0 Å². The highest BCUT2D eigenvalue weighted by Crippen LogP contribution is 2.46. The molecule has 0 saturated heterocycles. The molecule has 2 aliphatic rings. The Labute approximate surface area is 173 Å². The van der Waals surface area contributed by atoms with E-state index in [1.807, 2.05) is 13.0 Å². The van der Waals surface area contributed by atoms with Gasteiger partial charge in [0.25, 0.3) is 0 Å². The van der Waals surface area contributed by atoms with Gasteiger partial charge in [0.15, 0.2) is 0 Å². The van der Waals surface area contributed by atoms with Crippen molar-refractivity contribution in [1.29, 1.82) is 0 Å². The van der Waals surface area contributed by atoms with E-state index in [4.69, 9.17) is 4.74 Å². The van der Waals surface area contributed by atoms with Crippen LogP contribution in [0.15, 0.2) is 35.7 Å². The third-order valence-electron chi connectivity index (χ3n) is 5.41. The lowest BCUT2D eigenvalue weighted by atomic mass is 9.83. The number of carbonyl (C=O) groups excluding carboxylic acids is 2. The summed E-state index contributed by atoms with van der Waals surface area (Å²) in [5.41, 5.74) is 2.34. The molecule has 3 rings (SSSR count). The van der Waals surface area contributed by atoms with Crippen molar-refractivity contribution in [3.05, 3.63) is 46.9 Å². The number of rotatable bonds is 9. The third-order valence-corrected chi connectivity index (χ3v) is 5.41. The smallest absolute Gasteiger partial charge is 0.371 e. The number of carboxylic acid groups (broad SMARTS) is 2. The van der Waals surface area contributed by atoms with Crippen molar-refractivity contribution in [3.8, 4) is 5.75 Å². The molecule has 1 aromatic carbocycles. The van der Waals surface area contributed by atoms with Crippen LogP contribution in [-0.4, -0.2) is 41.3 Å². The second-order valence-electron chi connectivity index (χ2n) is 7.19. The molecule has 0 bridgehead atoms. The molecule has 2 unspecified atom stereocenters. The first kappa shape index (κ1) is 21.3. The maximum Gasteiger partial charge on any atom is 0.371 e. The van der Waals surface area contributed by atoms with Gasteiger partial charge in [-0.25, -0.2) is 9.59 Å². The molecule has 2 atom stereocenters. The summed E-state index contributed by atoms with van der Waals surface area (Å²) >= 11 is 0. The molecule has 0 aliphatic carbocycles. The van der Waals surface area contributed by atoms with Crippen molar-refractivity contribution in [2.45, 2.75) is 44.4 Å². The lowest BCUT2D eigenvalue weighted by molar-refractivity contribution is -0.135.